The number of nitrogens with two attached hydrogens (primary N) is 1. The van der Waals surface area contributed by atoms with E-state index >= 15 is 0 Å². The van der Waals surface area contributed by atoms with Crippen molar-refractivity contribution in [2.75, 3.05) is 13.2 Å². The molecule has 4 rings (SSSR count). The van der Waals surface area contributed by atoms with Crippen LogP contribution in [-0.2, 0) is 11.5 Å². The van der Waals surface area contributed by atoms with Gasteiger partial charge in [-0.25, -0.2) is 9.97 Å². The molecule has 0 radical (unpaired) electrons. The maximum Gasteiger partial charge on any atom is 0.145 e. The number of rotatable bonds is 18. The summed E-state index contributed by atoms with van der Waals surface area (Å²) in [5.41, 5.74) is 9.34. The number of fused-ring (bicyclic) bond motifs is 1. The molecule has 1 saturated carbocycles. The van der Waals surface area contributed by atoms with Gasteiger partial charge in [0, 0.05) is 30.0 Å². The van der Waals surface area contributed by atoms with E-state index in [0.717, 1.165) is 41.7 Å². The number of hydrogen-bond acceptors (Lipinski definition) is 5. The predicted octanol–water partition coefficient (Wildman–Crippen LogP) is 8.30. The number of unbranched alkanes of at least 4 members (excludes halogenated alkanes) is 8. The first-order valence-corrected chi connectivity index (χ1v) is 16.1. The van der Waals surface area contributed by atoms with Crippen LogP contribution in [-0.4, -0.2) is 37.5 Å². The summed E-state index contributed by atoms with van der Waals surface area (Å²) in [6, 6.07) is 2.47. The van der Waals surface area contributed by atoms with Crippen LogP contribution in [0.25, 0.3) is 22.3 Å². The molecule has 0 aliphatic heterocycles. The van der Waals surface area contributed by atoms with Crippen LogP contribution in [0.1, 0.15) is 123 Å². The van der Waals surface area contributed by atoms with E-state index in [0.29, 0.717) is 30.7 Å². The van der Waals surface area contributed by atoms with E-state index in [2.05, 4.69) is 58.4 Å². The third-order valence-corrected chi connectivity index (χ3v) is 8.62. The number of hydrogen-bond donors (Lipinski definition) is 1. The third kappa shape index (κ3) is 9.13. The lowest BCUT2D eigenvalue weighted by Gasteiger charge is -2.23. The molecule has 3 aromatic heterocycles. The van der Waals surface area contributed by atoms with Crippen LogP contribution in [0.15, 0.2) is 31.0 Å². The van der Waals surface area contributed by atoms with Crippen LogP contribution in [0.5, 0.6) is 0 Å². The highest BCUT2D eigenvalue weighted by Gasteiger charge is 2.27. The maximum atomic E-state index is 6.02. The Balaban J connectivity index is 1.18. The van der Waals surface area contributed by atoms with Gasteiger partial charge < -0.3 is 15.0 Å². The highest BCUT2D eigenvalue weighted by molar-refractivity contribution is 5.90. The summed E-state index contributed by atoms with van der Waals surface area (Å²) in [5.74, 6) is 0.674. The van der Waals surface area contributed by atoms with Gasteiger partial charge in [-0.15, -0.1) is 0 Å². The first-order chi connectivity index (χ1) is 19.5. The maximum absolute atomic E-state index is 6.02. The van der Waals surface area contributed by atoms with Gasteiger partial charge in [0.1, 0.15) is 18.7 Å². The van der Waals surface area contributed by atoms with Crippen molar-refractivity contribution >= 4 is 11.0 Å². The Morgan fingerprint density at radius 1 is 0.975 bits per heavy atom. The first-order valence-electron chi connectivity index (χ1n) is 16.1. The molecule has 0 amide bonds. The molecule has 0 aromatic carbocycles. The molecular weight excluding hydrogens is 496 g/mol. The van der Waals surface area contributed by atoms with Crippen molar-refractivity contribution in [3.8, 4) is 11.3 Å². The fraction of sp³-hybridized carbons (Fsp3) is 0.727. The summed E-state index contributed by atoms with van der Waals surface area (Å²) in [7, 11) is 0. The van der Waals surface area contributed by atoms with Gasteiger partial charge >= 0.3 is 0 Å². The van der Waals surface area contributed by atoms with E-state index < -0.39 is 0 Å². The van der Waals surface area contributed by atoms with E-state index in [1.54, 1.807) is 6.33 Å². The molecule has 0 saturated heterocycles. The van der Waals surface area contributed by atoms with Crippen molar-refractivity contribution in [3.05, 3.63) is 31.0 Å². The van der Waals surface area contributed by atoms with E-state index in [1.165, 1.54) is 83.5 Å². The minimum absolute atomic E-state index is 0.375. The Hall–Kier alpha value is -2.25. The van der Waals surface area contributed by atoms with Gasteiger partial charge in [-0.05, 0) is 56.0 Å². The van der Waals surface area contributed by atoms with Gasteiger partial charge in [0.25, 0.3) is 0 Å². The molecule has 0 bridgehead atoms. The highest BCUT2D eigenvalue weighted by Crippen LogP contribution is 2.36. The lowest BCUT2D eigenvalue weighted by molar-refractivity contribution is 0.0763. The summed E-state index contributed by atoms with van der Waals surface area (Å²) >= 11 is 0. The number of aromatic nitrogens is 5. The zero-order valence-electron chi connectivity index (χ0n) is 25.5. The minimum Gasteiger partial charge on any atom is -0.361 e. The molecule has 2 N–H and O–H groups in total. The molecule has 3 heterocycles. The monoisotopic (exact) mass is 550 g/mol. The summed E-state index contributed by atoms with van der Waals surface area (Å²) in [5, 5.41) is 5.80. The Morgan fingerprint density at radius 2 is 1.68 bits per heavy atom. The Morgan fingerprint density at radius 3 is 2.38 bits per heavy atom. The second-order valence-corrected chi connectivity index (χ2v) is 13.2. The van der Waals surface area contributed by atoms with Crippen LogP contribution in [0, 0.1) is 11.3 Å². The Bertz CT molecular complexity index is 1120. The number of ether oxygens (including phenoxy) is 1. The smallest absolute Gasteiger partial charge is 0.145 e. The topological polar surface area (TPSA) is 83.8 Å². The molecular formula is C33H54N6O. The van der Waals surface area contributed by atoms with Crippen LogP contribution < -0.4 is 5.73 Å². The average molecular weight is 551 g/mol. The molecule has 222 valence electrons. The van der Waals surface area contributed by atoms with Crippen molar-refractivity contribution in [2.24, 2.45) is 17.1 Å². The van der Waals surface area contributed by atoms with Crippen molar-refractivity contribution in [1.82, 2.24) is 24.3 Å². The van der Waals surface area contributed by atoms with Gasteiger partial charge in [0.05, 0.1) is 17.9 Å². The quantitative estimate of drug-likeness (QED) is 0.161. The molecule has 7 heteroatoms. The lowest BCUT2D eigenvalue weighted by atomic mass is 9.89. The second kappa shape index (κ2) is 15.7. The Kier molecular flexibility index (Phi) is 12.0. The summed E-state index contributed by atoms with van der Waals surface area (Å²) < 4.78 is 10.2. The van der Waals surface area contributed by atoms with Crippen LogP contribution >= 0.6 is 0 Å². The second-order valence-electron chi connectivity index (χ2n) is 13.2. The molecule has 0 unspecified atom stereocenters. The molecule has 1 aliphatic rings. The van der Waals surface area contributed by atoms with E-state index in [9.17, 15) is 0 Å². The fourth-order valence-electron chi connectivity index (χ4n) is 6.34. The molecule has 0 spiro atoms. The molecule has 1 atom stereocenters. The standard InChI is InChI=1S/C33H54N6O/c1-33(2,3)19-13-9-7-5-4-6-8-10-14-22-40-26-38-21-18-29-31(35-25-36-32(29)38)28-23-37-39(24-28)30(17-20-34)27-15-11-12-16-27/h18,21,23-25,27,30H,4-17,19-20,22,26,34H2,1-3H3/t30-/m1/s1. The Labute approximate surface area is 242 Å². The molecule has 1 aliphatic carbocycles. The van der Waals surface area contributed by atoms with Crippen molar-refractivity contribution in [2.45, 2.75) is 130 Å². The minimum atomic E-state index is 0.375. The summed E-state index contributed by atoms with van der Waals surface area (Å²) in [4.78, 5) is 9.22. The van der Waals surface area contributed by atoms with E-state index in [1.807, 2.05) is 6.20 Å². The van der Waals surface area contributed by atoms with Gasteiger partial charge in [0.15, 0.2) is 0 Å². The molecule has 40 heavy (non-hydrogen) atoms. The fourth-order valence-corrected chi connectivity index (χ4v) is 6.34. The average Bonchev–Trinajstić information content (AvgIpc) is 3.71. The predicted molar refractivity (Wildman–Crippen MR) is 165 cm³/mol. The summed E-state index contributed by atoms with van der Waals surface area (Å²) in [6.45, 7) is 9.03. The van der Waals surface area contributed by atoms with E-state index in [-0.39, 0.29) is 0 Å². The van der Waals surface area contributed by atoms with E-state index in [4.69, 9.17) is 15.6 Å². The van der Waals surface area contributed by atoms with Crippen molar-refractivity contribution in [1.29, 1.82) is 0 Å². The van der Waals surface area contributed by atoms with Gasteiger partial charge in [-0.2, -0.15) is 5.10 Å². The first kappa shape index (κ1) is 30.7. The zero-order chi connectivity index (χ0) is 28.2. The van der Waals surface area contributed by atoms with Crippen molar-refractivity contribution < 1.29 is 4.74 Å². The highest BCUT2D eigenvalue weighted by atomic mass is 16.5. The van der Waals surface area contributed by atoms with Crippen molar-refractivity contribution in [3.63, 3.8) is 0 Å². The third-order valence-electron chi connectivity index (χ3n) is 8.62. The van der Waals surface area contributed by atoms with Gasteiger partial charge in [0.2, 0.25) is 0 Å². The van der Waals surface area contributed by atoms with Crippen LogP contribution in [0.2, 0.25) is 0 Å². The number of nitrogens with zero attached hydrogens (tertiary/aromatic N) is 5. The lowest BCUT2D eigenvalue weighted by Crippen LogP contribution is -2.21. The largest absolute Gasteiger partial charge is 0.361 e. The molecule has 7 nitrogen and oxygen atoms in total. The van der Waals surface area contributed by atoms with Crippen LogP contribution in [0.3, 0.4) is 0 Å². The summed E-state index contributed by atoms with van der Waals surface area (Å²) in [6.07, 6.45) is 27.3. The van der Waals surface area contributed by atoms with Gasteiger partial charge in [-0.1, -0.05) is 85.0 Å². The van der Waals surface area contributed by atoms with Gasteiger partial charge in [-0.3, -0.25) is 4.68 Å². The zero-order valence-corrected chi connectivity index (χ0v) is 25.5. The molecule has 1 fully saturated rings. The van der Waals surface area contributed by atoms with Crippen LogP contribution in [0.4, 0.5) is 0 Å². The molecule has 3 aromatic rings. The SMILES string of the molecule is CC(C)(C)CCCCCCCCCCCOCn1ccc2c(-c3cnn([C@H](CCN)C4CCCC4)c3)ncnc21. The normalized spacial score (nSPS) is 15.4.